The van der Waals surface area contributed by atoms with Crippen molar-refractivity contribution in [2.75, 3.05) is 18.1 Å². The van der Waals surface area contributed by atoms with Gasteiger partial charge in [-0.3, -0.25) is 0 Å². The second-order valence-corrected chi connectivity index (χ2v) is 6.93. The molecule has 6 heteroatoms. The number of rotatable bonds is 1. The van der Waals surface area contributed by atoms with Crippen molar-refractivity contribution in [1.29, 1.82) is 0 Å². The van der Waals surface area contributed by atoms with Crippen molar-refractivity contribution in [3.63, 3.8) is 0 Å². The lowest BCUT2D eigenvalue weighted by molar-refractivity contribution is 0.508. The number of halogens is 2. The lowest BCUT2D eigenvalue weighted by atomic mass is 10.1. The van der Waals surface area contributed by atoms with Crippen LogP contribution in [0.3, 0.4) is 0 Å². The molecule has 0 bridgehead atoms. The van der Waals surface area contributed by atoms with Gasteiger partial charge in [0.1, 0.15) is 5.82 Å². The summed E-state index contributed by atoms with van der Waals surface area (Å²) in [4.78, 5) is 0. The van der Waals surface area contributed by atoms with Crippen LogP contribution in [0.4, 0.5) is 4.39 Å². The van der Waals surface area contributed by atoms with Crippen molar-refractivity contribution in [2.24, 2.45) is 0 Å². The highest BCUT2D eigenvalue weighted by molar-refractivity contribution is 9.10. The minimum Gasteiger partial charge on any atom is -0.308 e. The van der Waals surface area contributed by atoms with E-state index in [0.717, 1.165) is 0 Å². The maximum absolute atomic E-state index is 13.6. The Kier molecular flexibility index (Phi) is 3.32. The molecule has 0 radical (unpaired) electrons. The molecule has 0 spiro atoms. The van der Waals surface area contributed by atoms with Crippen LogP contribution in [0.1, 0.15) is 11.6 Å². The number of nitrogens with one attached hydrogen (secondary N) is 1. The molecule has 88 valence electrons. The maximum atomic E-state index is 13.6. The predicted octanol–water partition coefficient (Wildman–Crippen LogP) is 1.65. The molecule has 3 nitrogen and oxygen atoms in total. The van der Waals surface area contributed by atoms with Crippen LogP contribution in [0.5, 0.6) is 0 Å². The first-order valence-electron chi connectivity index (χ1n) is 4.87. The van der Waals surface area contributed by atoms with E-state index in [-0.39, 0.29) is 17.3 Å². The molecule has 1 unspecified atom stereocenters. The van der Waals surface area contributed by atoms with Crippen molar-refractivity contribution in [3.05, 3.63) is 34.1 Å². The fourth-order valence-corrected chi connectivity index (χ4v) is 3.50. The molecule has 0 aliphatic carbocycles. The molecular weight excluding hydrogens is 297 g/mol. The van der Waals surface area contributed by atoms with Gasteiger partial charge in [-0.15, -0.1) is 0 Å². The highest BCUT2D eigenvalue weighted by Gasteiger charge is 2.27. The summed E-state index contributed by atoms with van der Waals surface area (Å²) in [5.74, 6) is -0.295. The third-order valence-corrected chi connectivity index (χ3v) is 4.72. The van der Waals surface area contributed by atoms with Crippen LogP contribution in [0.25, 0.3) is 0 Å². The average Bonchev–Trinajstić information content (AvgIpc) is 2.15. The smallest absolute Gasteiger partial charge is 0.153 e. The summed E-state index contributed by atoms with van der Waals surface area (Å²) in [5.41, 5.74) is 0.409. The van der Waals surface area contributed by atoms with E-state index in [1.54, 1.807) is 12.1 Å². The van der Waals surface area contributed by atoms with Gasteiger partial charge in [-0.25, -0.2) is 12.8 Å². The van der Waals surface area contributed by atoms with Gasteiger partial charge in [0.25, 0.3) is 0 Å². The molecule has 1 aromatic rings. The molecule has 1 atom stereocenters. The Morgan fingerprint density at radius 2 is 2.19 bits per heavy atom. The minimum absolute atomic E-state index is 0.0362. The van der Waals surface area contributed by atoms with E-state index in [0.29, 0.717) is 16.6 Å². The SMILES string of the molecule is O=S1(=O)CCNC(c2ccc(Br)cc2F)C1. The standard InChI is InChI=1S/C10H11BrFNO2S/c11-7-1-2-8(9(12)5-7)10-6-16(14,15)4-3-13-10/h1-2,5,10,13H,3-4,6H2. The van der Waals surface area contributed by atoms with Crippen molar-refractivity contribution < 1.29 is 12.8 Å². The summed E-state index contributed by atoms with van der Waals surface area (Å²) < 4.78 is 37.1. The predicted molar refractivity (Wildman–Crippen MR) is 63.5 cm³/mol. The molecule has 0 aromatic heterocycles. The fraction of sp³-hybridized carbons (Fsp3) is 0.400. The molecule has 1 aliphatic rings. The second kappa shape index (κ2) is 4.43. The topological polar surface area (TPSA) is 46.2 Å². The summed E-state index contributed by atoms with van der Waals surface area (Å²) >= 11 is 3.16. The average molecular weight is 308 g/mol. The molecule has 1 aliphatic heterocycles. The fourth-order valence-electron chi connectivity index (χ4n) is 1.77. The Balaban J connectivity index is 2.30. The summed E-state index contributed by atoms with van der Waals surface area (Å²) in [6, 6.07) is 4.23. The van der Waals surface area contributed by atoms with Gasteiger partial charge < -0.3 is 5.32 Å². The van der Waals surface area contributed by atoms with Crippen LogP contribution in [0.15, 0.2) is 22.7 Å². The summed E-state index contributed by atoms with van der Waals surface area (Å²) in [7, 11) is -3.05. The monoisotopic (exact) mass is 307 g/mol. The Labute approximate surface area is 102 Å². The first-order chi connectivity index (χ1) is 7.48. The lowest BCUT2D eigenvalue weighted by Gasteiger charge is -2.24. The van der Waals surface area contributed by atoms with Crippen LogP contribution in [0, 0.1) is 5.82 Å². The van der Waals surface area contributed by atoms with Gasteiger partial charge in [0.15, 0.2) is 9.84 Å². The lowest BCUT2D eigenvalue weighted by Crippen LogP contribution is -2.39. The van der Waals surface area contributed by atoms with Crippen molar-refractivity contribution in [1.82, 2.24) is 5.32 Å². The molecule has 1 heterocycles. The molecular formula is C10H11BrFNO2S. The number of hydrogen-bond acceptors (Lipinski definition) is 3. The third-order valence-electron chi connectivity index (χ3n) is 2.56. The van der Waals surface area contributed by atoms with E-state index in [1.807, 2.05) is 0 Å². The first-order valence-corrected chi connectivity index (χ1v) is 7.48. The quantitative estimate of drug-likeness (QED) is 0.858. The molecule has 1 saturated heterocycles. The maximum Gasteiger partial charge on any atom is 0.153 e. The zero-order valence-corrected chi connectivity index (χ0v) is 10.8. The van der Waals surface area contributed by atoms with E-state index in [9.17, 15) is 12.8 Å². The van der Waals surface area contributed by atoms with Gasteiger partial charge in [0, 0.05) is 22.6 Å². The van der Waals surface area contributed by atoms with Crippen LogP contribution >= 0.6 is 15.9 Å². The zero-order chi connectivity index (χ0) is 11.8. The Morgan fingerprint density at radius 1 is 1.44 bits per heavy atom. The van der Waals surface area contributed by atoms with Crippen LogP contribution < -0.4 is 5.32 Å². The van der Waals surface area contributed by atoms with Crippen molar-refractivity contribution in [2.45, 2.75) is 6.04 Å². The molecule has 2 rings (SSSR count). The Hall–Kier alpha value is -0.460. The number of sulfone groups is 1. The van der Waals surface area contributed by atoms with E-state index >= 15 is 0 Å². The number of benzene rings is 1. The summed E-state index contributed by atoms with van der Waals surface area (Å²) in [5, 5.41) is 3.02. The summed E-state index contributed by atoms with van der Waals surface area (Å²) in [6.45, 7) is 0.377. The van der Waals surface area contributed by atoms with Gasteiger partial charge in [0.2, 0.25) is 0 Å². The largest absolute Gasteiger partial charge is 0.308 e. The zero-order valence-electron chi connectivity index (χ0n) is 8.41. The third kappa shape index (κ3) is 2.61. The van der Waals surface area contributed by atoms with E-state index in [2.05, 4.69) is 21.2 Å². The second-order valence-electron chi connectivity index (χ2n) is 3.79. The van der Waals surface area contributed by atoms with E-state index in [4.69, 9.17) is 0 Å². The molecule has 16 heavy (non-hydrogen) atoms. The molecule has 0 saturated carbocycles. The molecule has 0 amide bonds. The highest BCUT2D eigenvalue weighted by Crippen LogP contribution is 2.24. The summed E-state index contributed by atoms with van der Waals surface area (Å²) in [6.07, 6.45) is 0. The van der Waals surface area contributed by atoms with Gasteiger partial charge >= 0.3 is 0 Å². The van der Waals surface area contributed by atoms with Gasteiger partial charge in [0.05, 0.1) is 11.5 Å². The van der Waals surface area contributed by atoms with Gasteiger partial charge in [-0.05, 0) is 12.1 Å². The minimum atomic E-state index is -3.05. The highest BCUT2D eigenvalue weighted by atomic mass is 79.9. The van der Waals surface area contributed by atoms with Gasteiger partial charge in [-0.2, -0.15) is 0 Å². The molecule has 1 N–H and O–H groups in total. The normalized spacial score (nSPS) is 24.2. The first kappa shape index (κ1) is 12.0. The van der Waals surface area contributed by atoms with Crippen LogP contribution in [-0.4, -0.2) is 26.5 Å². The van der Waals surface area contributed by atoms with Crippen LogP contribution in [-0.2, 0) is 9.84 Å². The van der Waals surface area contributed by atoms with Crippen LogP contribution in [0.2, 0.25) is 0 Å². The van der Waals surface area contributed by atoms with Crippen molar-refractivity contribution in [3.8, 4) is 0 Å². The van der Waals surface area contributed by atoms with Gasteiger partial charge in [-0.1, -0.05) is 22.0 Å². The van der Waals surface area contributed by atoms with E-state index in [1.165, 1.54) is 6.07 Å². The number of hydrogen-bond donors (Lipinski definition) is 1. The Morgan fingerprint density at radius 3 is 2.81 bits per heavy atom. The van der Waals surface area contributed by atoms with Crippen molar-refractivity contribution >= 4 is 25.8 Å². The van der Waals surface area contributed by atoms with E-state index < -0.39 is 15.9 Å². The Bertz CT molecular complexity index is 504. The molecule has 1 aromatic carbocycles. The molecule has 1 fully saturated rings.